The van der Waals surface area contributed by atoms with Crippen molar-refractivity contribution in [1.82, 2.24) is 0 Å². The summed E-state index contributed by atoms with van der Waals surface area (Å²) in [4.78, 5) is 0. The minimum Gasteiger partial charge on any atom is -0.0776 e. The molecule has 0 bridgehead atoms. The number of rotatable bonds is 0. The van der Waals surface area contributed by atoms with Crippen LogP contribution in [0.15, 0.2) is 24.3 Å². The minimum atomic E-state index is 0. The van der Waals surface area contributed by atoms with E-state index in [1.54, 1.807) is 0 Å². The Kier molecular flexibility index (Phi) is 2.02. The third-order valence-corrected chi connectivity index (χ3v) is 1.16. The largest absolute Gasteiger partial charge is 0.0776 e. The summed E-state index contributed by atoms with van der Waals surface area (Å²) in [6.07, 6.45) is 8.54. The minimum absolute atomic E-state index is 0. The van der Waals surface area contributed by atoms with Crippen LogP contribution in [0.25, 0.3) is 0 Å². The zero-order valence-electron chi connectivity index (χ0n) is 4.81. The monoisotopic (exact) mass is 113 g/mol. The van der Waals surface area contributed by atoms with Gasteiger partial charge in [-0.25, -0.2) is 0 Å². The molecule has 0 amide bonds. The quantitative estimate of drug-likeness (QED) is 0.453. The molecule has 0 fully saturated rings. The van der Waals surface area contributed by atoms with Crippen molar-refractivity contribution in [3.8, 4) is 0 Å². The molecule has 0 N–H and O–H groups in total. The molecule has 0 atom stereocenters. The van der Waals surface area contributed by atoms with E-state index in [0.29, 0.717) is 5.41 Å². The fourth-order valence-electron chi connectivity index (χ4n) is 0.663. The molecule has 0 spiro atoms. The van der Waals surface area contributed by atoms with Gasteiger partial charge in [-0.3, -0.25) is 0 Å². The highest BCUT2D eigenvalue weighted by Gasteiger charge is 2.09. The summed E-state index contributed by atoms with van der Waals surface area (Å²) < 4.78 is 0. The fourth-order valence-corrected chi connectivity index (χ4v) is 0.663. The molecule has 0 unspecified atom stereocenters. The van der Waals surface area contributed by atoms with E-state index in [1.165, 1.54) is 0 Å². The third kappa shape index (κ3) is 1.53. The summed E-state index contributed by atoms with van der Waals surface area (Å²) in [5.74, 6) is 0. The molecule has 1 rings (SSSR count). The Morgan fingerprint density at radius 3 is 1.62 bits per heavy atom. The number of allylic oxidation sites excluding steroid dienone is 4. The van der Waals surface area contributed by atoms with Gasteiger partial charge >= 0.3 is 0 Å². The Morgan fingerprint density at radius 2 is 1.50 bits per heavy atom. The number of hydrogen-bond donors (Lipinski definition) is 0. The first kappa shape index (κ1) is 7.48. The predicted molar refractivity (Wildman–Crippen MR) is 40.9 cm³/mol. The normalized spacial score (nSPS) is 20.8. The first-order valence-corrected chi connectivity index (χ1v) is 2.58. The Balaban J connectivity index is 0. The van der Waals surface area contributed by atoms with Gasteiger partial charge in [-0.15, -0.1) is 0 Å². The highest BCUT2D eigenvalue weighted by Crippen LogP contribution is 2.22. The van der Waals surface area contributed by atoms with Crippen LogP contribution in [0, 0.1) is 5.41 Å². The summed E-state index contributed by atoms with van der Waals surface area (Å²) in [7, 11) is 0. The lowest BCUT2D eigenvalue weighted by atomic mass is 9.97. The van der Waals surface area contributed by atoms with E-state index in [-0.39, 0.29) is 8.85 Å². The van der Waals surface area contributed by atoms with Gasteiger partial charge in [0.15, 0.2) is 0 Å². The van der Waals surface area contributed by atoms with Gasteiger partial charge in [-0.05, 0) is 0 Å². The lowest BCUT2D eigenvalue weighted by molar-refractivity contribution is 0.636. The molecule has 1 aliphatic rings. The van der Waals surface area contributed by atoms with Crippen LogP contribution in [0.2, 0.25) is 0 Å². The summed E-state index contributed by atoms with van der Waals surface area (Å²) in [6, 6.07) is 0. The van der Waals surface area contributed by atoms with Crippen molar-refractivity contribution in [3.05, 3.63) is 24.3 Å². The van der Waals surface area contributed by atoms with Crippen LogP contribution in [0.5, 0.6) is 0 Å². The second-order valence-electron chi connectivity index (χ2n) is 2.54. The van der Waals surface area contributed by atoms with Crippen molar-refractivity contribution in [1.29, 1.82) is 0 Å². The Labute approximate surface area is 53.4 Å². The van der Waals surface area contributed by atoms with Gasteiger partial charge in [0.1, 0.15) is 0 Å². The molecule has 48 valence electrons. The molecule has 8 heavy (non-hydrogen) atoms. The molecule has 0 aromatic rings. The van der Waals surface area contributed by atoms with Crippen LogP contribution in [-0.4, -0.2) is 0 Å². The van der Waals surface area contributed by atoms with Gasteiger partial charge in [-0.2, -0.15) is 0 Å². The second-order valence-corrected chi connectivity index (χ2v) is 2.54. The van der Waals surface area contributed by atoms with E-state index in [9.17, 15) is 0 Å². The Hall–Kier alpha value is -0.520. The van der Waals surface area contributed by atoms with E-state index >= 15 is 0 Å². The summed E-state index contributed by atoms with van der Waals surface area (Å²) >= 11 is 0. The van der Waals surface area contributed by atoms with E-state index < -0.39 is 0 Å². The highest BCUT2D eigenvalue weighted by molar-refractivity contribution is 5.21. The van der Waals surface area contributed by atoms with Crippen LogP contribution < -0.4 is 0 Å². The SMILES string of the molecule is C.CC1(C)C=CC=C1.[2HH]. The maximum Gasteiger partial charge on any atom is 0.00106 e. The van der Waals surface area contributed by atoms with Crippen LogP contribution in [0.1, 0.15) is 22.7 Å². The van der Waals surface area contributed by atoms with Crippen molar-refractivity contribution in [2.75, 3.05) is 0 Å². The first-order chi connectivity index (χ1) is 3.21. The van der Waals surface area contributed by atoms with Gasteiger partial charge in [0.05, 0.1) is 0 Å². The molecule has 0 saturated heterocycles. The maximum atomic E-state index is 2.19. The lowest BCUT2D eigenvalue weighted by Crippen LogP contribution is -1.97. The molecular formula is C8H16. The standard InChI is InChI=1S/C7H10.CH4.H2/c1-7(2)5-3-4-6-7;;/h3-6H,1-2H3;1H4;1H/i;;1+1. The van der Waals surface area contributed by atoms with E-state index in [0.717, 1.165) is 0 Å². The number of hydrogen-bond acceptors (Lipinski definition) is 0. The molecule has 0 heteroatoms. The van der Waals surface area contributed by atoms with Crippen molar-refractivity contribution in [2.24, 2.45) is 5.41 Å². The van der Waals surface area contributed by atoms with Crippen molar-refractivity contribution in [3.63, 3.8) is 0 Å². The van der Waals surface area contributed by atoms with Gasteiger partial charge < -0.3 is 0 Å². The summed E-state index contributed by atoms with van der Waals surface area (Å²) in [5, 5.41) is 0. The lowest BCUT2D eigenvalue weighted by Gasteiger charge is -2.08. The van der Waals surface area contributed by atoms with Crippen LogP contribution in [0.4, 0.5) is 0 Å². The summed E-state index contributed by atoms with van der Waals surface area (Å²) in [5.41, 5.74) is 0.333. The smallest absolute Gasteiger partial charge is 0.00106 e. The predicted octanol–water partition coefficient (Wildman–Crippen LogP) is 3.02. The van der Waals surface area contributed by atoms with E-state index in [1.807, 2.05) is 0 Å². The average molecular weight is 113 g/mol. The van der Waals surface area contributed by atoms with Crippen LogP contribution >= 0.6 is 0 Å². The topological polar surface area (TPSA) is 0 Å². The molecule has 0 nitrogen and oxygen atoms in total. The molecule has 1 aliphatic carbocycles. The fraction of sp³-hybridized carbons (Fsp3) is 0.500. The molecule has 0 radical (unpaired) electrons. The van der Waals surface area contributed by atoms with Crippen molar-refractivity contribution >= 4 is 0 Å². The third-order valence-electron chi connectivity index (χ3n) is 1.16. The zero-order chi connectivity index (χ0) is 5.33. The van der Waals surface area contributed by atoms with Crippen molar-refractivity contribution < 1.29 is 1.43 Å². The first-order valence-electron chi connectivity index (χ1n) is 2.58. The van der Waals surface area contributed by atoms with Gasteiger partial charge in [0, 0.05) is 6.84 Å². The van der Waals surface area contributed by atoms with Crippen molar-refractivity contribution in [2.45, 2.75) is 21.3 Å². The van der Waals surface area contributed by atoms with E-state index in [4.69, 9.17) is 0 Å². The van der Waals surface area contributed by atoms with Crippen LogP contribution in [-0.2, 0) is 0 Å². The molecule has 0 saturated carbocycles. The average Bonchev–Trinajstić information content (AvgIpc) is 1.84. The molecule has 0 aliphatic heterocycles. The van der Waals surface area contributed by atoms with Gasteiger partial charge in [0.2, 0.25) is 0 Å². The molecular weight excluding hydrogens is 96.1 g/mol. The zero-order valence-corrected chi connectivity index (χ0v) is 4.81. The van der Waals surface area contributed by atoms with Crippen LogP contribution in [0.3, 0.4) is 0 Å². The second kappa shape index (κ2) is 2.17. The summed E-state index contributed by atoms with van der Waals surface area (Å²) in [6.45, 7) is 4.38. The molecule has 0 aromatic carbocycles. The Morgan fingerprint density at radius 1 is 1.12 bits per heavy atom. The molecule has 0 heterocycles. The molecule has 0 aromatic heterocycles. The highest BCUT2D eigenvalue weighted by atomic mass is 14.1. The Bertz CT molecular complexity index is 107. The van der Waals surface area contributed by atoms with Gasteiger partial charge in [-0.1, -0.05) is 45.6 Å². The van der Waals surface area contributed by atoms with E-state index in [2.05, 4.69) is 38.2 Å². The maximum absolute atomic E-state index is 2.19. The van der Waals surface area contributed by atoms with Gasteiger partial charge in [0.25, 0.3) is 0 Å².